The molecule has 0 spiro atoms. The zero-order valence-electron chi connectivity index (χ0n) is 13.5. The predicted molar refractivity (Wildman–Crippen MR) is 90.2 cm³/mol. The van der Waals surface area contributed by atoms with Crippen LogP contribution in [-0.4, -0.2) is 19.1 Å². The third-order valence-electron chi connectivity index (χ3n) is 4.26. The number of carbonyl (C=O) groups excluding carboxylic acids is 1. The van der Waals surface area contributed by atoms with Crippen molar-refractivity contribution >= 4 is 17.4 Å². The van der Waals surface area contributed by atoms with Crippen molar-refractivity contribution in [3.05, 3.63) is 59.7 Å². The van der Waals surface area contributed by atoms with Gasteiger partial charge >= 0.3 is 6.03 Å². The number of anilines is 2. The summed E-state index contributed by atoms with van der Waals surface area (Å²) in [6, 6.07) is 9.98. The number of hydrogen-bond donors (Lipinski definition) is 2. The number of amides is 2. The quantitative estimate of drug-likeness (QED) is 0.872. The van der Waals surface area contributed by atoms with E-state index in [2.05, 4.69) is 10.6 Å². The average Bonchev–Trinajstić information content (AvgIpc) is 2.57. The van der Waals surface area contributed by atoms with E-state index in [1.54, 1.807) is 30.1 Å². The first kappa shape index (κ1) is 16.2. The minimum Gasteiger partial charge on any atom is -0.378 e. The molecule has 2 N–H and O–H groups in total. The normalized spacial score (nSPS) is 19.6. The summed E-state index contributed by atoms with van der Waals surface area (Å²) in [5, 5.41) is 5.93. The Balaban J connectivity index is 1.98. The van der Waals surface area contributed by atoms with Crippen molar-refractivity contribution in [1.29, 1.82) is 0 Å². The number of carbonyl (C=O) groups is 1. The van der Waals surface area contributed by atoms with Gasteiger partial charge in [0.15, 0.2) is 0 Å². The van der Waals surface area contributed by atoms with Crippen molar-refractivity contribution in [3.8, 4) is 0 Å². The average molecular weight is 331 g/mol. The van der Waals surface area contributed by atoms with Crippen molar-refractivity contribution in [3.63, 3.8) is 0 Å². The number of urea groups is 1. The van der Waals surface area contributed by atoms with Crippen LogP contribution < -0.4 is 15.5 Å². The number of nitrogens with zero attached hydrogens (tertiary/aromatic N) is 1. The minimum absolute atomic E-state index is 0.0686. The zero-order chi connectivity index (χ0) is 17.3. The van der Waals surface area contributed by atoms with Gasteiger partial charge in [-0.3, -0.25) is 4.90 Å². The van der Waals surface area contributed by atoms with E-state index >= 15 is 0 Å². The molecule has 0 bridgehead atoms. The molecule has 2 atom stereocenters. The second kappa shape index (κ2) is 6.47. The van der Waals surface area contributed by atoms with Crippen LogP contribution >= 0.6 is 0 Å². The van der Waals surface area contributed by atoms with Crippen molar-refractivity contribution in [1.82, 2.24) is 5.32 Å². The summed E-state index contributed by atoms with van der Waals surface area (Å²) < 4.78 is 26.8. The maximum atomic E-state index is 13.8. The van der Waals surface area contributed by atoms with Crippen LogP contribution in [0.1, 0.15) is 24.9 Å². The van der Waals surface area contributed by atoms with Crippen molar-refractivity contribution < 1.29 is 13.6 Å². The van der Waals surface area contributed by atoms with Crippen LogP contribution in [-0.2, 0) is 0 Å². The molecule has 0 aromatic heterocycles. The maximum absolute atomic E-state index is 13.8. The highest BCUT2D eigenvalue weighted by Crippen LogP contribution is 2.39. The van der Waals surface area contributed by atoms with Crippen molar-refractivity contribution in [2.45, 2.75) is 25.4 Å². The Morgan fingerprint density at radius 2 is 1.79 bits per heavy atom. The van der Waals surface area contributed by atoms with Gasteiger partial charge in [-0.2, -0.15) is 0 Å². The smallest absolute Gasteiger partial charge is 0.321 e. The molecule has 1 aliphatic heterocycles. The van der Waals surface area contributed by atoms with Crippen LogP contribution in [0.25, 0.3) is 0 Å². The first-order valence-corrected chi connectivity index (χ1v) is 7.82. The van der Waals surface area contributed by atoms with Crippen LogP contribution in [0.5, 0.6) is 0 Å². The number of hydrogen-bond acceptors (Lipinski definition) is 2. The third kappa shape index (κ3) is 3.04. The van der Waals surface area contributed by atoms with Crippen LogP contribution in [0.4, 0.5) is 25.0 Å². The number of benzene rings is 2. The Morgan fingerprint density at radius 1 is 1.12 bits per heavy atom. The number of halogens is 2. The Morgan fingerprint density at radius 3 is 2.46 bits per heavy atom. The van der Waals surface area contributed by atoms with Gasteiger partial charge in [0.1, 0.15) is 11.6 Å². The van der Waals surface area contributed by atoms with Crippen molar-refractivity contribution in [2.24, 2.45) is 0 Å². The fourth-order valence-electron chi connectivity index (χ4n) is 3.15. The van der Waals surface area contributed by atoms with Crippen LogP contribution in [0.15, 0.2) is 42.5 Å². The molecule has 6 heteroatoms. The van der Waals surface area contributed by atoms with Gasteiger partial charge in [0.2, 0.25) is 0 Å². The zero-order valence-corrected chi connectivity index (χ0v) is 13.5. The van der Waals surface area contributed by atoms with E-state index in [0.29, 0.717) is 17.7 Å². The number of rotatable bonds is 2. The fraction of sp³-hybridized carbons (Fsp3) is 0.278. The minimum atomic E-state index is -0.355. The van der Waals surface area contributed by atoms with Crippen LogP contribution in [0, 0.1) is 11.6 Å². The lowest BCUT2D eigenvalue weighted by molar-refractivity contribution is 0.245. The topological polar surface area (TPSA) is 44.4 Å². The standard InChI is InChI=1S/C18H19F2N3O/c1-11-9-16(22-14-6-3-12(19)4-7-14)15-10-13(20)5-8-17(15)23(11)18(24)21-2/h3-8,10-11,16,22H,9H2,1-2H3,(H,21,24). The summed E-state index contributed by atoms with van der Waals surface area (Å²) in [7, 11) is 1.57. The number of nitrogens with one attached hydrogen (secondary N) is 2. The summed E-state index contributed by atoms with van der Waals surface area (Å²) in [5.41, 5.74) is 2.13. The van der Waals surface area contributed by atoms with E-state index in [-0.39, 0.29) is 29.7 Å². The molecular formula is C18H19F2N3O. The molecule has 2 unspecified atom stereocenters. The lowest BCUT2D eigenvalue weighted by Gasteiger charge is -2.39. The Kier molecular flexibility index (Phi) is 4.38. The molecule has 0 radical (unpaired) electrons. The van der Waals surface area contributed by atoms with E-state index in [4.69, 9.17) is 0 Å². The molecule has 1 aliphatic rings. The van der Waals surface area contributed by atoms with Gasteiger partial charge in [-0.25, -0.2) is 13.6 Å². The molecule has 3 rings (SSSR count). The van der Waals surface area contributed by atoms with Gasteiger partial charge in [0.25, 0.3) is 0 Å². The summed E-state index contributed by atoms with van der Waals surface area (Å²) in [4.78, 5) is 13.8. The molecule has 2 aromatic carbocycles. The van der Waals surface area contributed by atoms with Gasteiger partial charge < -0.3 is 10.6 Å². The Bertz CT molecular complexity index is 748. The molecule has 24 heavy (non-hydrogen) atoms. The first-order chi connectivity index (χ1) is 11.5. The Labute approximate surface area is 139 Å². The molecule has 2 amide bonds. The first-order valence-electron chi connectivity index (χ1n) is 7.82. The monoisotopic (exact) mass is 331 g/mol. The van der Waals surface area contributed by atoms with Gasteiger partial charge in [0, 0.05) is 24.3 Å². The summed E-state index contributed by atoms with van der Waals surface area (Å²) >= 11 is 0. The molecular weight excluding hydrogens is 312 g/mol. The summed E-state index contributed by atoms with van der Waals surface area (Å²) in [5.74, 6) is -0.666. The highest BCUT2D eigenvalue weighted by Gasteiger charge is 2.33. The summed E-state index contributed by atoms with van der Waals surface area (Å²) in [6.45, 7) is 1.95. The lowest BCUT2D eigenvalue weighted by Crippen LogP contribution is -2.48. The molecule has 0 saturated heterocycles. The SMILES string of the molecule is CNC(=O)N1c2ccc(F)cc2C(Nc2ccc(F)cc2)CC1C. The van der Waals surface area contributed by atoms with E-state index < -0.39 is 0 Å². The van der Waals surface area contributed by atoms with Gasteiger partial charge in [-0.1, -0.05) is 0 Å². The highest BCUT2D eigenvalue weighted by molar-refractivity contribution is 5.94. The Hall–Kier alpha value is -2.63. The maximum Gasteiger partial charge on any atom is 0.321 e. The van der Waals surface area contributed by atoms with Gasteiger partial charge in [-0.05, 0) is 55.8 Å². The van der Waals surface area contributed by atoms with E-state index in [1.807, 2.05) is 6.92 Å². The molecule has 0 saturated carbocycles. The molecule has 0 aliphatic carbocycles. The highest BCUT2D eigenvalue weighted by atomic mass is 19.1. The van der Waals surface area contributed by atoms with Gasteiger partial charge in [0.05, 0.1) is 11.7 Å². The predicted octanol–water partition coefficient (Wildman–Crippen LogP) is 4.06. The third-order valence-corrected chi connectivity index (χ3v) is 4.26. The van der Waals surface area contributed by atoms with Gasteiger partial charge in [-0.15, -0.1) is 0 Å². The van der Waals surface area contributed by atoms with E-state index in [0.717, 1.165) is 5.69 Å². The summed E-state index contributed by atoms with van der Waals surface area (Å²) in [6.07, 6.45) is 0.612. The molecule has 1 heterocycles. The second-order valence-electron chi connectivity index (χ2n) is 5.92. The van der Waals surface area contributed by atoms with Crippen molar-refractivity contribution in [2.75, 3.05) is 17.3 Å². The molecule has 0 fully saturated rings. The van der Waals surface area contributed by atoms with E-state index in [1.165, 1.54) is 24.3 Å². The lowest BCUT2D eigenvalue weighted by atomic mass is 9.91. The molecule has 2 aromatic rings. The molecule has 126 valence electrons. The molecule has 4 nitrogen and oxygen atoms in total. The fourth-order valence-corrected chi connectivity index (χ4v) is 3.15. The van der Waals surface area contributed by atoms with Crippen LogP contribution in [0.3, 0.4) is 0 Å². The largest absolute Gasteiger partial charge is 0.378 e. The number of fused-ring (bicyclic) bond motifs is 1. The van der Waals surface area contributed by atoms with Crippen LogP contribution in [0.2, 0.25) is 0 Å². The second-order valence-corrected chi connectivity index (χ2v) is 5.92. The van der Waals surface area contributed by atoms with E-state index in [9.17, 15) is 13.6 Å².